The molecule has 1 aliphatic rings. The molecule has 156 valence electrons. The van der Waals surface area contributed by atoms with Crippen LogP contribution in [0.1, 0.15) is 38.0 Å². The van der Waals surface area contributed by atoms with Crippen LogP contribution < -0.4 is 14.8 Å². The number of hydrogen-bond acceptors (Lipinski definition) is 7. The summed E-state index contributed by atoms with van der Waals surface area (Å²) in [7, 11) is 1.65. The molecule has 0 spiro atoms. The Kier molecular flexibility index (Phi) is 6.74. The molecule has 0 fully saturated rings. The molecule has 4 rings (SSSR count). The number of hydrogen-bond donors (Lipinski definition) is 1. The second kappa shape index (κ2) is 9.66. The summed E-state index contributed by atoms with van der Waals surface area (Å²) in [6.07, 6.45) is 3.08. The molecule has 0 unspecified atom stereocenters. The Morgan fingerprint density at radius 3 is 2.90 bits per heavy atom. The van der Waals surface area contributed by atoms with Gasteiger partial charge in [0.2, 0.25) is 11.0 Å². The van der Waals surface area contributed by atoms with Crippen LogP contribution in [0.5, 0.6) is 11.6 Å². The zero-order valence-corrected chi connectivity index (χ0v) is 19.3. The Labute approximate surface area is 188 Å². The molecule has 0 aliphatic carbocycles. The van der Waals surface area contributed by atoms with Crippen molar-refractivity contribution < 1.29 is 9.47 Å². The van der Waals surface area contributed by atoms with Crippen LogP contribution in [-0.2, 0) is 0 Å². The predicted octanol–water partition coefficient (Wildman–Crippen LogP) is 6.10. The fourth-order valence-corrected chi connectivity index (χ4v) is 4.34. The topological polar surface area (TPSA) is 69.2 Å². The third-order valence-electron chi connectivity index (χ3n) is 4.76. The molecule has 30 heavy (non-hydrogen) atoms. The van der Waals surface area contributed by atoms with E-state index >= 15 is 0 Å². The van der Waals surface area contributed by atoms with E-state index in [9.17, 15) is 0 Å². The number of aromatic nitrogens is 3. The van der Waals surface area contributed by atoms with Gasteiger partial charge in [0.15, 0.2) is 11.9 Å². The monoisotopic (exact) mass is 486 g/mol. The van der Waals surface area contributed by atoms with E-state index in [1.54, 1.807) is 18.9 Å². The molecule has 3 aromatic rings. The summed E-state index contributed by atoms with van der Waals surface area (Å²) in [4.78, 5) is 4.70. The lowest BCUT2D eigenvalue weighted by Gasteiger charge is -2.19. The molecule has 1 aromatic heterocycles. The second-order valence-electron chi connectivity index (χ2n) is 6.91. The Morgan fingerprint density at radius 2 is 2.07 bits per heavy atom. The van der Waals surface area contributed by atoms with Crippen molar-refractivity contribution in [3.8, 4) is 22.9 Å². The first-order valence-corrected chi connectivity index (χ1v) is 11.7. The molecule has 1 N–H and O–H groups in total. The van der Waals surface area contributed by atoms with Gasteiger partial charge in [0.25, 0.3) is 0 Å². The van der Waals surface area contributed by atoms with Crippen LogP contribution in [0, 0.1) is 0 Å². The lowest BCUT2D eigenvalue weighted by Crippen LogP contribution is -2.17. The number of nitrogens with one attached hydrogen (secondary N) is 1. The lowest BCUT2D eigenvalue weighted by molar-refractivity contribution is 0.224. The molecule has 1 aliphatic heterocycles. The van der Waals surface area contributed by atoms with Crippen LogP contribution in [0.2, 0.25) is 0 Å². The maximum absolute atomic E-state index is 6.32. The van der Waals surface area contributed by atoms with Crippen molar-refractivity contribution in [1.29, 1.82) is 0 Å². The second-order valence-corrected chi connectivity index (χ2v) is 8.89. The van der Waals surface area contributed by atoms with Gasteiger partial charge in [-0.1, -0.05) is 59.6 Å². The van der Waals surface area contributed by atoms with Gasteiger partial charge >= 0.3 is 0 Å². The highest BCUT2D eigenvalue weighted by atomic mass is 79.9. The van der Waals surface area contributed by atoms with Crippen LogP contribution in [0.3, 0.4) is 0 Å². The van der Waals surface area contributed by atoms with Crippen LogP contribution in [0.25, 0.3) is 11.3 Å². The maximum Gasteiger partial charge on any atom is 0.247 e. The first-order chi connectivity index (χ1) is 14.7. The Hall–Kier alpha value is -2.32. The van der Waals surface area contributed by atoms with Crippen molar-refractivity contribution in [1.82, 2.24) is 15.2 Å². The predicted molar refractivity (Wildman–Crippen MR) is 123 cm³/mol. The summed E-state index contributed by atoms with van der Waals surface area (Å²) in [5.41, 5.74) is 3.37. The average molecular weight is 487 g/mol. The highest BCUT2D eigenvalue weighted by molar-refractivity contribution is 9.10. The molecule has 0 amide bonds. The molecule has 6 nitrogen and oxygen atoms in total. The van der Waals surface area contributed by atoms with Crippen molar-refractivity contribution >= 4 is 33.4 Å². The number of fused-ring (bicyclic) bond motifs is 3. The van der Waals surface area contributed by atoms with E-state index in [4.69, 9.17) is 14.5 Å². The number of unbranched alkanes of at least 4 members (excludes halogenated alkanes) is 2. The van der Waals surface area contributed by atoms with E-state index in [0.717, 1.165) is 39.2 Å². The highest BCUT2D eigenvalue weighted by Crippen LogP contribution is 2.41. The zero-order chi connectivity index (χ0) is 20.9. The molecule has 0 saturated carbocycles. The van der Waals surface area contributed by atoms with Gasteiger partial charge in [-0.2, -0.15) is 4.98 Å². The zero-order valence-electron chi connectivity index (χ0n) is 16.9. The Bertz CT molecular complexity index is 1030. The van der Waals surface area contributed by atoms with Crippen molar-refractivity contribution in [3.63, 3.8) is 0 Å². The molecule has 0 radical (unpaired) electrons. The summed E-state index contributed by atoms with van der Waals surface area (Å²) in [6, 6.07) is 13.8. The molecule has 2 heterocycles. The number of thioether (sulfide) groups is 1. The molecular formula is C22H23BrN4O2S. The number of halogens is 1. The van der Waals surface area contributed by atoms with Crippen LogP contribution in [0.4, 0.5) is 5.69 Å². The quantitative estimate of drug-likeness (QED) is 0.319. The highest BCUT2D eigenvalue weighted by Gasteiger charge is 2.26. The van der Waals surface area contributed by atoms with Gasteiger partial charge in [-0.05, 0) is 36.8 Å². The summed E-state index contributed by atoms with van der Waals surface area (Å²) in [6.45, 7) is 2.19. The third-order valence-corrected chi connectivity index (χ3v) is 6.18. The first-order valence-electron chi connectivity index (χ1n) is 9.92. The molecule has 0 saturated heterocycles. The summed E-state index contributed by atoms with van der Waals surface area (Å²) in [5, 5.41) is 12.9. The van der Waals surface area contributed by atoms with E-state index in [0.29, 0.717) is 16.7 Å². The SMILES string of the molecule is CCCCCSc1nnc2c(n1)O[C@@H](c1cccc(OC)c1)Nc1ccc(Br)cc1-2. The van der Waals surface area contributed by atoms with Gasteiger partial charge in [0.05, 0.1) is 7.11 Å². The molecule has 2 aromatic carbocycles. The standard InChI is InChI=1S/C22H23BrN4O2S/c1-3-4-5-11-30-22-25-21-19(26-27-22)17-13-15(23)9-10-18(17)24-20(29-21)14-7-6-8-16(12-14)28-2/h6-10,12-13,20,24H,3-5,11H2,1-2H3/t20-/m0/s1. The smallest absolute Gasteiger partial charge is 0.247 e. The van der Waals surface area contributed by atoms with E-state index in [1.165, 1.54) is 12.8 Å². The fraction of sp³-hybridized carbons (Fsp3) is 0.318. The van der Waals surface area contributed by atoms with Crippen molar-refractivity contribution in [2.75, 3.05) is 18.2 Å². The number of ether oxygens (including phenoxy) is 2. The number of rotatable bonds is 7. The summed E-state index contributed by atoms with van der Waals surface area (Å²) < 4.78 is 12.7. The molecular weight excluding hydrogens is 464 g/mol. The average Bonchev–Trinajstić information content (AvgIpc) is 2.93. The van der Waals surface area contributed by atoms with Gasteiger partial charge in [-0.25, -0.2) is 0 Å². The molecule has 8 heteroatoms. The lowest BCUT2D eigenvalue weighted by atomic mass is 10.1. The van der Waals surface area contributed by atoms with Crippen molar-refractivity contribution in [2.45, 2.75) is 37.6 Å². The van der Waals surface area contributed by atoms with Crippen LogP contribution in [0.15, 0.2) is 52.1 Å². The minimum atomic E-state index is -0.434. The van der Waals surface area contributed by atoms with Gasteiger partial charge in [-0.3, -0.25) is 0 Å². The largest absolute Gasteiger partial charge is 0.497 e. The fourth-order valence-electron chi connectivity index (χ4n) is 3.20. The number of nitrogens with zero attached hydrogens (tertiary/aromatic N) is 3. The number of anilines is 1. The van der Waals surface area contributed by atoms with Gasteiger partial charge in [-0.15, -0.1) is 10.2 Å². The van der Waals surface area contributed by atoms with Crippen LogP contribution >= 0.6 is 27.7 Å². The van der Waals surface area contributed by atoms with Crippen molar-refractivity contribution in [3.05, 3.63) is 52.5 Å². The van der Waals surface area contributed by atoms with E-state index in [-0.39, 0.29) is 0 Å². The summed E-state index contributed by atoms with van der Waals surface area (Å²) >= 11 is 5.17. The van der Waals surface area contributed by atoms with Gasteiger partial charge < -0.3 is 14.8 Å². The Morgan fingerprint density at radius 1 is 1.17 bits per heavy atom. The van der Waals surface area contributed by atoms with Gasteiger partial charge in [0, 0.05) is 27.0 Å². The minimum Gasteiger partial charge on any atom is -0.497 e. The maximum atomic E-state index is 6.32. The first kappa shape index (κ1) is 20.9. The number of methoxy groups -OCH3 is 1. The normalized spacial score (nSPS) is 14.7. The molecule has 0 bridgehead atoms. The Balaban J connectivity index is 1.71. The minimum absolute atomic E-state index is 0.434. The third kappa shape index (κ3) is 4.70. The number of benzene rings is 2. The van der Waals surface area contributed by atoms with E-state index in [1.807, 2.05) is 42.5 Å². The van der Waals surface area contributed by atoms with Gasteiger partial charge in [0.1, 0.15) is 5.75 Å². The van der Waals surface area contributed by atoms with Crippen LogP contribution in [-0.4, -0.2) is 28.0 Å². The molecule has 1 atom stereocenters. The van der Waals surface area contributed by atoms with E-state index < -0.39 is 6.23 Å². The summed E-state index contributed by atoms with van der Waals surface area (Å²) in [5.74, 6) is 2.21. The van der Waals surface area contributed by atoms with E-state index in [2.05, 4.69) is 38.4 Å². The van der Waals surface area contributed by atoms with Crippen molar-refractivity contribution in [2.24, 2.45) is 0 Å².